The monoisotopic (exact) mass is 247 g/mol. The Kier molecular flexibility index (Phi) is 4.79. The Labute approximate surface area is 110 Å². The van der Waals surface area contributed by atoms with Gasteiger partial charge in [-0.2, -0.15) is 0 Å². The molecule has 2 N–H and O–H groups in total. The molecule has 100 valence electrons. The lowest BCUT2D eigenvalue weighted by Gasteiger charge is -2.32. The van der Waals surface area contributed by atoms with Crippen molar-refractivity contribution < 1.29 is 5.11 Å². The summed E-state index contributed by atoms with van der Waals surface area (Å²) in [7, 11) is 0. The zero-order valence-corrected chi connectivity index (χ0v) is 11.5. The molecule has 0 aromatic heterocycles. The largest absolute Gasteiger partial charge is 0.392 e. The fraction of sp³-hybridized carbons (Fsp3) is 0.625. The van der Waals surface area contributed by atoms with Crippen LogP contribution in [0.2, 0.25) is 0 Å². The molecule has 2 nitrogen and oxygen atoms in total. The third kappa shape index (κ3) is 3.56. The third-order valence-electron chi connectivity index (χ3n) is 4.37. The van der Waals surface area contributed by atoms with Crippen LogP contribution >= 0.6 is 0 Å². The van der Waals surface area contributed by atoms with E-state index in [0.717, 1.165) is 23.9 Å². The van der Waals surface area contributed by atoms with Crippen LogP contribution < -0.4 is 5.32 Å². The Morgan fingerprint density at radius 3 is 2.67 bits per heavy atom. The normalized spacial score (nSPS) is 28.3. The molecule has 2 rings (SSSR count). The van der Waals surface area contributed by atoms with E-state index in [0.29, 0.717) is 6.04 Å². The number of rotatable bonds is 4. The second-order valence-electron chi connectivity index (χ2n) is 5.82. The molecule has 1 aromatic rings. The maximum absolute atomic E-state index is 9.12. The Bertz CT molecular complexity index is 377. The first-order chi connectivity index (χ1) is 8.69. The SMILES string of the molecule is CC1CCC(NCc2cccc(CO)c2)CC1C. The van der Waals surface area contributed by atoms with Crippen LogP contribution in [0.25, 0.3) is 0 Å². The quantitative estimate of drug-likeness (QED) is 0.857. The van der Waals surface area contributed by atoms with Gasteiger partial charge in [0.05, 0.1) is 6.61 Å². The van der Waals surface area contributed by atoms with E-state index in [1.807, 2.05) is 12.1 Å². The molecule has 0 heterocycles. The van der Waals surface area contributed by atoms with Crippen molar-refractivity contribution in [2.24, 2.45) is 11.8 Å². The molecular formula is C16H25NO. The van der Waals surface area contributed by atoms with E-state index < -0.39 is 0 Å². The van der Waals surface area contributed by atoms with Crippen molar-refractivity contribution in [3.63, 3.8) is 0 Å². The van der Waals surface area contributed by atoms with E-state index in [2.05, 4.69) is 31.3 Å². The number of nitrogens with one attached hydrogen (secondary N) is 1. The van der Waals surface area contributed by atoms with Gasteiger partial charge in [0.1, 0.15) is 0 Å². The van der Waals surface area contributed by atoms with Crippen molar-refractivity contribution in [2.45, 2.75) is 52.3 Å². The third-order valence-corrected chi connectivity index (χ3v) is 4.37. The Balaban J connectivity index is 1.84. The first-order valence-electron chi connectivity index (χ1n) is 7.11. The molecule has 0 spiro atoms. The van der Waals surface area contributed by atoms with Crippen molar-refractivity contribution in [3.05, 3.63) is 35.4 Å². The molecule has 1 aromatic carbocycles. The molecule has 2 heteroatoms. The van der Waals surface area contributed by atoms with Crippen LogP contribution in [0.1, 0.15) is 44.2 Å². The molecule has 0 saturated heterocycles. The number of aliphatic hydroxyl groups is 1. The van der Waals surface area contributed by atoms with E-state index in [4.69, 9.17) is 5.11 Å². The molecule has 1 aliphatic rings. The van der Waals surface area contributed by atoms with Gasteiger partial charge in [-0.25, -0.2) is 0 Å². The summed E-state index contributed by atoms with van der Waals surface area (Å²) in [5.74, 6) is 1.71. The summed E-state index contributed by atoms with van der Waals surface area (Å²) in [6.07, 6.45) is 3.93. The zero-order chi connectivity index (χ0) is 13.0. The lowest BCUT2D eigenvalue weighted by molar-refractivity contribution is 0.225. The Hall–Kier alpha value is -0.860. The average molecular weight is 247 g/mol. The second kappa shape index (κ2) is 6.35. The number of hydrogen-bond donors (Lipinski definition) is 2. The molecule has 0 radical (unpaired) electrons. The average Bonchev–Trinajstić information content (AvgIpc) is 2.40. The maximum Gasteiger partial charge on any atom is 0.0681 e. The lowest BCUT2D eigenvalue weighted by atomic mass is 9.79. The summed E-state index contributed by atoms with van der Waals surface area (Å²) >= 11 is 0. The van der Waals surface area contributed by atoms with Gasteiger partial charge < -0.3 is 10.4 Å². The van der Waals surface area contributed by atoms with Gasteiger partial charge in [0.25, 0.3) is 0 Å². The number of aliphatic hydroxyl groups excluding tert-OH is 1. The van der Waals surface area contributed by atoms with E-state index in [1.165, 1.54) is 24.8 Å². The topological polar surface area (TPSA) is 32.3 Å². The molecule has 3 atom stereocenters. The van der Waals surface area contributed by atoms with Crippen LogP contribution in [-0.4, -0.2) is 11.1 Å². The molecule has 0 aliphatic heterocycles. The summed E-state index contributed by atoms with van der Waals surface area (Å²) in [6, 6.07) is 8.86. The molecule has 3 unspecified atom stereocenters. The van der Waals surface area contributed by atoms with Crippen LogP contribution in [0.3, 0.4) is 0 Å². The highest BCUT2D eigenvalue weighted by molar-refractivity contribution is 5.22. The number of hydrogen-bond acceptors (Lipinski definition) is 2. The van der Waals surface area contributed by atoms with Crippen LogP contribution in [0.4, 0.5) is 0 Å². The first-order valence-corrected chi connectivity index (χ1v) is 7.11. The van der Waals surface area contributed by atoms with Crippen LogP contribution in [0, 0.1) is 11.8 Å². The fourth-order valence-corrected chi connectivity index (χ4v) is 2.83. The lowest BCUT2D eigenvalue weighted by Crippen LogP contribution is -2.35. The molecule has 0 bridgehead atoms. The highest BCUT2D eigenvalue weighted by atomic mass is 16.3. The molecule has 1 saturated carbocycles. The fourth-order valence-electron chi connectivity index (χ4n) is 2.83. The predicted molar refractivity (Wildman–Crippen MR) is 75.2 cm³/mol. The van der Waals surface area contributed by atoms with Gasteiger partial charge in [-0.1, -0.05) is 38.1 Å². The van der Waals surface area contributed by atoms with E-state index in [1.54, 1.807) is 0 Å². The second-order valence-corrected chi connectivity index (χ2v) is 5.82. The van der Waals surface area contributed by atoms with Crippen molar-refractivity contribution in [3.8, 4) is 0 Å². The van der Waals surface area contributed by atoms with Gasteiger partial charge in [-0.3, -0.25) is 0 Å². The summed E-state index contributed by atoms with van der Waals surface area (Å²) in [4.78, 5) is 0. The van der Waals surface area contributed by atoms with Crippen LogP contribution in [-0.2, 0) is 13.2 Å². The van der Waals surface area contributed by atoms with Gasteiger partial charge >= 0.3 is 0 Å². The van der Waals surface area contributed by atoms with Crippen molar-refractivity contribution in [1.29, 1.82) is 0 Å². The van der Waals surface area contributed by atoms with Gasteiger partial charge in [0.15, 0.2) is 0 Å². The molecule has 18 heavy (non-hydrogen) atoms. The minimum Gasteiger partial charge on any atom is -0.392 e. The van der Waals surface area contributed by atoms with E-state index in [-0.39, 0.29) is 6.61 Å². The number of benzene rings is 1. The minimum atomic E-state index is 0.131. The van der Waals surface area contributed by atoms with Gasteiger partial charge in [0.2, 0.25) is 0 Å². The first kappa shape index (κ1) is 13.6. The van der Waals surface area contributed by atoms with E-state index >= 15 is 0 Å². The highest BCUT2D eigenvalue weighted by Crippen LogP contribution is 2.29. The molecule has 1 aliphatic carbocycles. The van der Waals surface area contributed by atoms with Crippen LogP contribution in [0.15, 0.2) is 24.3 Å². The maximum atomic E-state index is 9.12. The van der Waals surface area contributed by atoms with Gasteiger partial charge in [-0.05, 0) is 42.2 Å². The van der Waals surface area contributed by atoms with E-state index in [9.17, 15) is 0 Å². The highest BCUT2D eigenvalue weighted by Gasteiger charge is 2.23. The summed E-state index contributed by atoms with van der Waals surface area (Å²) < 4.78 is 0. The summed E-state index contributed by atoms with van der Waals surface area (Å²) in [5.41, 5.74) is 2.27. The zero-order valence-electron chi connectivity index (χ0n) is 11.5. The smallest absolute Gasteiger partial charge is 0.0681 e. The van der Waals surface area contributed by atoms with Crippen molar-refractivity contribution >= 4 is 0 Å². The van der Waals surface area contributed by atoms with Gasteiger partial charge in [0, 0.05) is 12.6 Å². The Morgan fingerprint density at radius 2 is 1.94 bits per heavy atom. The minimum absolute atomic E-state index is 0.131. The summed E-state index contributed by atoms with van der Waals surface area (Å²) in [6.45, 7) is 5.78. The van der Waals surface area contributed by atoms with Crippen molar-refractivity contribution in [1.82, 2.24) is 5.32 Å². The Morgan fingerprint density at radius 1 is 1.17 bits per heavy atom. The predicted octanol–water partition coefficient (Wildman–Crippen LogP) is 3.09. The van der Waals surface area contributed by atoms with Gasteiger partial charge in [-0.15, -0.1) is 0 Å². The summed E-state index contributed by atoms with van der Waals surface area (Å²) in [5, 5.41) is 12.8. The van der Waals surface area contributed by atoms with Crippen molar-refractivity contribution in [2.75, 3.05) is 0 Å². The molecule has 0 amide bonds. The standard InChI is InChI=1S/C16H25NO/c1-12-6-7-16(8-13(12)2)17-10-14-4-3-5-15(9-14)11-18/h3-5,9,12-13,16-18H,6-8,10-11H2,1-2H3. The molecular weight excluding hydrogens is 222 g/mol. The van der Waals surface area contributed by atoms with Crippen LogP contribution in [0.5, 0.6) is 0 Å². The molecule has 1 fully saturated rings.